The molecule has 0 heterocycles. The highest BCUT2D eigenvalue weighted by Gasteiger charge is 2.05. The largest absolute Gasteiger partial charge is 0.493 e. The fourth-order valence-electron chi connectivity index (χ4n) is 1.84. The van der Waals surface area contributed by atoms with Crippen molar-refractivity contribution in [2.45, 2.75) is 33.7 Å². The van der Waals surface area contributed by atoms with Crippen LogP contribution in [-0.2, 0) is 6.54 Å². The Morgan fingerprint density at radius 2 is 1.95 bits per heavy atom. The van der Waals surface area contributed by atoms with Gasteiger partial charge in [-0.15, -0.1) is 0 Å². The smallest absolute Gasteiger partial charge is 0.191 e. The normalized spacial score (nSPS) is 11.1. The van der Waals surface area contributed by atoms with Crippen LogP contribution in [0.15, 0.2) is 23.2 Å². The minimum Gasteiger partial charge on any atom is -0.493 e. The summed E-state index contributed by atoms with van der Waals surface area (Å²) in [6.45, 7) is 9.14. The third-order valence-electron chi connectivity index (χ3n) is 2.83. The zero-order valence-corrected chi connectivity index (χ0v) is 13.5. The second kappa shape index (κ2) is 9.91. The molecule has 0 aliphatic rings. The standard InChI is InChI=1S/C16H27N3O2/c1-5-10-18-16(17-6-2)19-12-13-8-9-14(21-7-3)15(11-13)20-4/h8-9,11H,5-7,10,12H2,1-4H3,(H2,17,18,19). The Morgan fingerprint density at radius 3 is 2.57 bits per heavy atom. The average Bonchev–Trinajstić information content (AvgIpc) is 2.51. The molecule has 0 radical (unpaired) electrons. The van der Waals surface area contributed by atoms with Gasteiger partial charge in [-0.1, -0.05) is 13.0 Å². The first-order chi connectivity index (χ1) is 10.2. The predicted octanol–water partition coefficient (Wildman–Crippen LogP) is 2.56. The number of nitrogens with one attached hydrogen (secondary N) is 2. The lowest BCUT2D eigenvalue weighted by Crippen LogP contribution is -2.37. The van der Waals surface area contributed by atoms with E-state index in [0.717, 1.165) is 42.5 Å². The maximum atomic E-state index is 5.51. The minimum absolute atomic E-state index is 0.599. The van der Waals surface area contributed by atoms with E-state index in [9.17, 15) is 0 Å². The molecule has 0 amide bonds. The van der Waals surface area contributed by atoms with Gasteiger partial charge in [0.15, 0.2) is 17.5 Å². The zero-order chi connectivity index (χ0) is 15.5. The van der Waals surface area contributed by atoms with E-state index in [-0.39, 0.29) is 0 Å². The zero-order valence-electron chi connectivity index (χ0n) is 13.5. The number of aliphatic imine (C=N–C) groups is 1. The van der Waals surface area contributed by atoms with Crippen LogP contribution in [0, 0.1) is 0 Å². The van der Waals surface area contributed by atoms with Crippen LogP contribution in [0.25, 0.3) is 0 Å². The Kier molecular flexibility index (Phi) is 8.09. The van der Waals surface area contributed by atoms with Crippen LogP contribution >= 0.6 is 0 Å². The Labute approximate surface area is 127 Å². The Balaban J connectivity index is 2.76. The summed E-state index contributed by atoms with van der Waals surface area (Å²) in [6.07, 6.45) is 1.07. The molecule has 0 bridgehead atoms. The molecule has 0 saturated heterocycles. The molecule has 0 aliphatic carbocycles. The van der Waals surface area contributed by atoms with Gasteiger partial charge >= 0.3 is 0 Å². The quantitative estimate of drug-likeness (QED) is 0.571. The number of nitrogens with zero attached hydrogens (tertiary/aromatic N) is 1. The van der Waals surface area contributed by atoms with E-state index in [1.165, 1.54) is 0 Å². The first-order valence-electron chi connectivity index (χ1n) is 7.57. The first kappa shape index (κ1) is 17.1. The van der Waals surface area contributed by atoms with Gasteiger partial charge in [-0.05, 0) is 38.0 Å². The lowest BCUT2D eigenvalue weighted by Gasteiger charge is -2.12. The second-order valence-corrected chi connectivity index (χ2v) is 4.54. The van der Waals surface area contributed by atoms with Crippen LogP contribution in [0.3, 0.4) is 0 Å². The molecule has 1 aromatic carbocycles. The van der Waals surface area contributed by atoms with E-state index >= 15 is 0 Å². The van der Waals surface area contributed by atoms with Crippen molar-refractivity contribution in [2.75, 3.05) is 26.8 Å². The molecule has 5 nitrogen and oxygen atoms in total. The van der Waals surface area contributed by atoms with Gasteiger partial charge in [-0.2, -0.15) is 0 Å². The predicted molar refractivity (Wildman–Crippen MR) is 87.3 cm³/mol. The van der Waals surface area contributed by atoms with Gasteiger partial charge in [-0.25, -0.2) is 4.99 Å². The summed E-state index contributed by atoms with van der Waals surface area (Å²) in [5.41, 5.74) is 1.09. The third-order valence-corrected chi connectivity index (χ3v) is 2.83. The Morgan fingerprint density at radius 1 is 1.14 bits per heavy atom. The lowest BCUT2D eigenvalue weighted by molar-refractivity contribution is 0.310. The van der Waals surface area contributed by atoms with Crippen molar-refractivity contribution in [3.63, 3.8) is 0 Å². The molecule has 21 heavy (non-hydrogen) atoms. The van der Waals surface area contributed by atoms with Crippen LogP contribution < -0.4 is 20.1 Å². The number of hydrogen-bond acceptors (Lipinski definition) is 3. The van der Waals surface area contributed by atoms with Crippen molar-refractivity contribution < 1.29 is 9.47 Å². The van der Waals surface area contributed by atoms with Crippen LogP contribution in [0.1, 0.15) is 32.8 Å². The molecule has 0 saturated carbocycles. The van der Waals surface area contributed by atoms with Crippen molar-refractivity contribution in [3.05, 3.63) is 23.8 Å². The summed E-state index contributed by atoms with van der Waals surface area (Å²) < 4.78 is 10.9. The van der Waals surface area contributed by atoms with Gasteiger partial charge in [0, 0.05) is 13.1 Å². The van der Waals surface area contributed by atoms with E-state index in [1.807, 2.05) is 25.1 Å². The van der Waals surface area contributed by atoms with Gasteiger partial charge in [-0.3, -0.25) is 0 Å². The van der Waals surface area contributed by atoms with Crippen molar-refractivity contribution >= 4 is 5.96 Å². The minimum atomic E-state index is 0.599. The highest BCUT2D eigenvalue weighted by atomic mass is 16.5. The van der Waals surface area contributed by atoms with Crippen LogP contribution in [0.4, 0.5) is 0 Å². The van der Waals surface area contributed by atoms with Crippen molar-refractivity contribution in [1.82, 2.24) is 10.6 Å². The molecular weight excluding hydrogens is 266 g/mol. The Hall–Kier alpha value is -1.91. The molecule has 5 heteroatoms. The van der Waals surface area contributed by atoms with Crippen molar-refractivity contribution in [2.24, 2.45) is 4.99 Å². The maximum Gasteiger partial charge on any atom is 0.191 e. The number of methoxy groups -OCH3 is 1. The third kappa shape index (κ3) is 5.94. The summed E-state index contributed by atoms with van der Waals surface area (Å²) in [5.74, 6) is 2.35. The van der Waals surface area contributed by atoms with Gasteiger partial charge < -0.3 is 20.1 Å². The SMILES string of the molecule is CCCNC(=NCc1ccc(OCC)c(OC)c1)NCC. The molecule has 0 fully saturated rings. The van der Waals surface area contributed by atoms with E-state index in [2.05, 4.69) is 29.5 Å². The maximum absolute atomic E-state index is 5.51. The number of benzene rings is 1. The number of ether oxygens (including phenoxy) is 2. The van der Waals surface area contributed by atoms with Gasteiger partial charge in [0.2, 0.25) is 0 Å². The molecule has 0 atom stereocenters. The lowest BCUT2D eigenvalue weighted by atomic mass is 10.2. The number of rotatable bonds is 8. The molecule has 118 valence electrons. The monoisotopic (exact) mass is 293 g/mol. The molecule has 1 rings (SSSR count). The summed E-state index contributed by atoms with van der Waals surface area (Å²) in [6, 6.07) is 5.91. The average molecular weight is 293 g/mol. The van der Waals surface area contributed by atoms with E-state index < -0.39 is 0 Å². The highest BCUT2D eigenvalue weighted by molar-refractivity contribution is 5.79. The number of hydrogen-bond donors (Lipinski definition) is 2. The van der Waals surface area contributed by atoms with Gasteiger partial charge in [0.25, 0.3) is 0 Å². The summed E-state index contributed by atoms with van der Waals surface area (Å²) in [4.78, 5) is 4.57. The highest BCUT2D eigenvalue weighted by Crippen LogP contribution is 2.28. The van der Waals surface area contributed by atoms with Gasteiger partial charge in [0.05, 0.1) is 20.3 Å². The molecule has 0 aliphatic heterocycles. The Bertz CT molecular complexity index is 447. The van der Waals surface area contributed by atoms with Crippen LogP contribution in [0.5, 0.6) is 11.5 Å². The molecule has 0 spiro atoms. The second-order valence-electron chi connectivity index (χ2n) is 4.54. The molecule has 0 unspecified atom stereocenters. The van der Waals surface area contributed by atoms with Crippen LogP contribution in [-0.4, -0.2) is 32.8 Å². The van der Waals surface area contributed by atoms with Gasteiger partial charge in [0.1, 0.15) is 0 Å². The number of guanidine groups is 1. The summed E-state index contributed by atoms with van der Waals surface area (Å²) in [7, 11) is 1.65. The van der Waals surface area contributed by atoms with E-state index in [4.69, 9.17) is 9.47 Å². The first-order valence-corrected chi connectivity index (χ1v) is 7.57. The molecule has 1 aromatic rings. The van der Waals surface area contributed by atoms with E-state index in [0.29, 0.717) is 13.2 Å². The van der Waals surface area contributed by atoms with Crippen molar-refractivity contribution in [3.8, 4) is 11.5 Å². The molecular formula is C16H27N3O2. The summed E-state index contributed by atoms with van der Waals surface area (Å²) >= 11 is 0. The topological polar surface area (TPSA) is 54.9 Å². The fourth-order valence-corrected chi connectivity index (χ4v) is 1.84. The fraction of sp³-hybridized carbons (Fsp3) is 0.562. The van der Waals surface area contributed by atoms with Crippen LogP contribution in [0.2, 0.25) is 0 Å². The van der Waals surface area contributed by atoms with E-state index in [1.54, 1.807) is 7.11 Å². The molecule has 0 aromatic heterocycles. The molecule has 2 N–H and O–H groups in total. The van der Waals surface area contributed by atoms with Crippen molar-refractivity contribution in [1.29, 1.82) is 0 Å². The summed E-state index contributed by atoms with van der Waals surface area (Å²) in [5, 5.41) is 6.51.